The van der Waals surface area contributed by atoms with Gasteiger partial charge in [-0.15, -0.1) is 0 Å². The van der Waals surface area contributed by atoms with Gasteiger partial charge in [-0.1, -0.05) is 29.3 Å². The summed E-state index contributed by atoms with van der Waals surface area (Å²) in [5.41, 5.74) is 0. The molecular formula is C8H6Cl2NO4S-. The van der Waals surface area contributed by atoms with Crippen LogP contribution in [0, 0.1) is 0 Å². The highest BCUT2D eigenvalue weighted by Gasteiger charge is 2.20. The minimum atomic E-state index is -4.05. The van der Waals surface area contributed by atoms with Crippen molar-refractivity contribution in [2.24, 2.45) is 0 Å². The van der Waals surface area contributed by atoms with E-state index in [0.717, 1.165) is 0 Å². The molecule has 0 heterocycles. The fourth-order valence-corrected chi connectivity index (χ4v) is 3.07. The topological polar surface area (TPSA) is 86.3 Å². The Kier molecular flexibility index (Phi) is 4.15. The first-order valence-electron chi connectivity index (χ1n) is 3.98. The van der Waals surface area contributed by atoms with E-state index in [-0.39, 0.29) is 14.9 Å². The lowest BCUT2D eigenvalue weighted by molar-refractivity contribution is -0.303. The van der Waals surface area contributed by atoms with Gasteiger partial charge in [0.25, 0.3) is 0 Å². The number of hydrogen-bond acceptors (Lipinski definition) is 4. The van der Waals surface area contributed by atoms with Crippen molar-refractivity contribution in [2.45, 2.75) is 4.90 Å². The van der Waals surface area contributed by atoms with Crippen LogP contribution in [0.5, 0.6) is 0 Å². The molecule has 0 amide bonds. The molecule has 0 saturated heterocycles. The number of aliphatic carboxylic acids is 1. The molecule has 0 atom stereocenters. The molecule has 8 heteroatoms. The van der Waals surface area contributed by atoms with Crippen molar-refractivity contribution < 1.29 is 18.3 Å². The van der Waals surface area contributed by atoms with Crippen LogP contribution >= 0.6 is 23.2 Å². The summed E-state index contributed by atoms with van der Waals surface area (Å²) in [6.45, 7) is -0.843. The van der Waals surface area contributed by atoms with Gasteiger partial charge in [0, 0.05) is 0 Å². The van der Waals surface area contributed by atoms with Crippen LogP contribution in [-0.4, -0.2) is 20.9 Å². The van der Waals surface area contributed by atoms with Crippen molar-refractivity contribution in [3.63, 3.8) is 0 Å². The van der Waals surface area contributed by atoms with Gasteiger partial charge in [-0.2, -0.15) is 0 Å². The molecule has 88 valence electrons. The second-order valence-electron chi connectivity index (χ2n) is 2.75. The molecule has 0 bridgehead atoms. The maximum Gasteiger partial charge on any atom is 0.243 e. The molecule has 0 unspecified atom stereocenters. The monoisotopic (exact) mass is 282 g/mol. The average Bonchev–Trinajstić information content (AvgIpc) is 2.14. The molecule has 16 heavy (non-hydrogen) atoms. The minimum Gasteiger partial charge on any atom is -0.549 e. The van der Waals surface area contributed by atoms with Crippen molar-refractivity contribution in [1.29, 1.82) is 0 Å². The molecule has 1 N–H and O–H groups in total. The number of sulfonamides is 1. The van der Waals surface area contributed by atoms with Gasteiger partial charge < -0.3 is 9.90 Å². The van der Waals surface area contributed by atoms with Crippen LogP contribution in [0.25, 0.3) is 0 Å². The first-order valence-corrected chi connectivity index (χ1v) is 6.22. The van der Waals surface area contributed by atoms with E-state index in [4.69, 9.17) is 23.2 Å². The van der Waals surface area contributed by atoms with E-state index < -0.39 is 22.5 Å². The largest absolute Gasteiger partial charge is 0.549 e. The lowest BCUT2D eigenvalue weighted by Crippen LogP contribution is -2.37. The number of rotatable bonds is 4. The van der Waals surface area contributed by atoms with E-state index in [0.29, 0.717) is 0 Å². The summed E-state index contributed by atoms with van der Waals surface area (Å²) in [6, 6.07) is 4.14. The van der Waals surface area contributed by atoms with Crippen molar-refractivity contribution >= 4 is 39.2 Å². The second kappa shape index (κ2) is 5.01. The molecule has 5 nitrogen and oxygen atoms in total. The Bertz CT molecular complexity index is 495. The molecule has 0 spiro atoms. The van der Waals surface area contributed by atoms with E-state index in [2.05, 4.69) is 0 Å². The number of hydrogen-bond donors (Lipinski definition) is 1. The smallest absolute Gasteiger partial charge is 0.243 e. The van der Waals surface area contributed by atoms with Gasteiger partial charge in [-0.05, 0) is 12.1 Å². The molecule has 0 radical (unpaired) electrons. The van der Waals surface area contributed by atoms with E-state index in [1.165, 1.54) is 18.2 Å². The van der Waals surface area contributed by atoms with Gasteiger partial charge in [0.1, 0.15) is 4.90 Å². The van der Waals surface area contributed by atoms with Crippen LogP contribution in [0.1, 0.15) is 0 Å². The van der Waals surface area contributed by atoms with Gasteiger partial charge in [0.05, 0.1) is 22.6 Å². The van der Waals surface area contributed by atoms with Gasteiger partial charge in [-0.25, -0.2) is 13.1 Å². The van der Waals surface area contributed by atoms with E-state index in [9.17, 15) is 18.3 Å². The van der Waals surface area contributed by atoms with Crippen LogP contribution in [0.15, 0.2) is 23.1 Å². The number of benzene rings is 1. The van der Waals surface area contributed by atoms with Gasteiger partial charge in [-0.3, -0.25) is 0 Å². The maximum atomic E-state index is 11.6. The van der Waals surface area contributed by atoms with Crippen molar-refractivity contribution in [3.05, 3.63) is 28.2 Å². The third-order valence-electron chi connectivity index (χ3n) is 1.59. The second-order valence-corrected chi connectivity index (χ2v) is 5.27. The summed E-state index contributed by atoms with van der Waals surface area (Å²) < 4.78 is 25.0. The Balaban J connectivity index is 3.12. The van der Waals surface area contributed by atoms with Crippen molar-refractivity contribution in [1.82, 2.24) is 4.72 Å². The van der Waals surface area contributed by atoms with Crippen LogP contribution in [-0.2, 0) is 14.8 Å². The molecule has 0 saturated carbocycles. The molecule has 1 aromatic rings. The Morgan fingerprint density at radius 2 is 1.81 bits per heavy atom. The summed E-state index contributed by atoms with van der Waals surface area (Å²) in [5.74, 6) is -1.55. The first kappa shape index (κ1) is 13.2. The zero-order chi connectivity index (χ0) is 12.3. The summed E-state index contributed by atoms with van der Waals surface area (Å²) in [5, 5.41) is 9.97. The Morgan fingerprint density at radius 1 is 1.31 bits per heavy atom. The molecule has 0 aliphatic heterocycles. The van der Waals surface area contributed by atoms with Crippen LogP contribution in [0.4, 0.5) is 0 Å². The lowest BCUT2D eigenvalue weighted by Gasteiger charge is -2.09. The zero-order valence-corrected chi connectivity index (χ0v) is 10.1. The fourth-order valence-electron chi connectivity index (χ4n) is 0.965. The highest BCUT2D eigenvalue weighted by atomic mass is 35.5. The lowest BCUT2D eigenvalue weighted by atomic mass is 10.4. The molecule has 0 aliphatic carbocycles. The van der Waals surface area contributed by atoms with Crippen LogP contribution in [0.2, 0.25) is 10.0 Å². The highest BCUT2D eigenvalue weighted by Crippen LogP contribution is 2.28. The third-order valence-corrected chi connectivity index (χ3v) is 3.95. The quantitative estimate of drug-likeness (QED) is 0.844. The molecule has 0 aliphatic rings. The summed E-state index contributed by atoms with van der Waals surface area (Å²) in [7, 11) is -4.05. The summed E-state index contributed by atoms with van der Waals surface area (Å²) in [6.07, 6.45) is 0. The predicted molar refractivity (Wildman–Crippen MR) is 56.7 cm³/mol. The van der Waals surface area contributed by atoms with Gasteiger partial charge >= 0.3 is 0 Å². The van der Waals surface area contributed by atoms with Crippen molar-refractivity contribution in [3.8, 4) is 0 Å². The molecule has 1 aromatic carbocycles. The van der Waals surface area contributed by atoms with E-state index >= 15 is 0 Å². The number of halogens is 2. The fraction of sp³-hybridized carbons (Fsp3) is 0.125. The zero-order valence-electron chi connectivity index (χ0n) is 7.74. The van der Waals surface area contributed by atoms with Crippen LogP contribution < -0.4 is 9.83 Å². The first-order chi connectivity index (χ1) is 7.34. The predicted octanol–water partition coefficient (Wildman–Crippen LogP) is 0.0216. The number of nitrogens with one attached hydrogen (secondary N) is 1. The van der Waals surface area contributed by atoms with Crippen molar-refractivity contribution in [2.75, 3.05) is 6.54 Å². The molecular weight excluding hydrogens is 277 g/mol. The normalized spacial score (nSPS) is 11.4. The number of carbonyl (C=O) groups is 1. The Morgan fingerprint density at radius 3 is 2.25 bits per heavy atom. The standard InChI is InChI=1S/C8H7Cl2NO4S/c9-5-2-1-3-6(10)8(5)16(14,15)11-4-7(12)13/h1-3,11H,4H2,(H,12,13)/p-1. The van der Waals surface area contributed by atoms with Gasteiger partial charge in [0.15, 0.2) is 0 Å². The number of carboxylic acids is 1. The minimum absolute atomic E-state index is 0.0849. The van der Waals surface area contributed by atoms with Crippen LogP contribution in [0.3, 0.4) is 0 Å². The highest BCUT2D eigenvalue weighted by molar-refractivity contribution is 7.89. The summed E-state index contributed by atoms with van der Waals surface area (Å²) in [4.78, 5) is 9.80. The Labute approximate surface area is 102 Å². The number of carbonyl (C=O) groups excluding carboxylic acids is 1. The SMILES string of the molecule is O=C([O-])CNS(=O)(=O)c1c(Cl)cccc1Cl. The average molecular weight is 283 g/mol. The molecule has 0 aromatic heterocycles. The maximum absolute atomic E-state index is 11.6. The third kappa shape index (κ3) is 3.08. The van der Waals surface area contributed by atoms with E-state index in [1.54, 1.807) is 4.72 Å². The Hall–Kier alpha value is -0.820. The molecule has 1 rings (SSSR count). The van der Waals surface area contributed by atoms with E-state index in [1.807, 2.05) is 0 Å². The van der Waals surface area contributed by atoms with Gasteiger partial charge in [0.2, 0.25) is 10.0 Å². The molecule has 0 fully saturated rings. The number of carboxylic acid groups (broad SMARTS) is 1. The summed E-state index contributed by atoms with van der Waals surface area (Å²) >= 11 is 11.3.